The Hall–Kier alpha value is -2.86. The lowest BCUT2D eigenvalue weighted by atomic mass is 10.3. The molecule has 1 amide bonds. The molecule has 0 saturated carbocycles. The monoisotopic (exact) mass is 331 g/mol. The van der Waals surface area contributed by atoms with E-state index >= 15 is 0 Å². The number of phenolic OH excluding ortho intramolecular Hbond substituents is 1. The number of carbonyl (C=O) groups excluding carboxylic acids is 1. The van der Waals surface area contributed by atoms with E-state index in [0.717, 1.165) is 0 Å². The highest BCUT2D eigenvalue weighted by Crippen LogP contribution is 2.30. The van der Waals surface area contributed by atoms with Gasteiger partial charge in [-0.1, -0.05) is 29.8 Å². The molecule has 0 atom stereocenters. The molecule has 23 heavy (non-hydrogen) atoms. The van der Waals surface area contributed by atoms with E-state index in [-0.39, 0.29) is 22.9 Å². The van der Waals surface area contributed by atoms with Crippen molar-refractivity contribution >= 4 is 28.9 Å². The van der Waals surface area contributed by atoms with Crippen LogP contribution in [0.2, 0.25) is 5.02 Å². The van der Waals surface area contributed by atoms with Crippen molar-refractivity contribution in [3.8, 4) is 5.75 Å². The Bertz CT molecular complexity index is 769. The van der Waals surface area contributed by atoms with Crippen LogP contribution in [-0.4, -0.2) is 16.1 Å². The van der Waals surface area contributed by atoms with E-state index < -0.39 is 5.91 Å². The first-order valence-electron chi connectivity index (χ1n) is 6.64. The molecule has 3 N–H and O–H groups in total. The maximum absolute atomic E-state index is 12.2. The lowest BCUT2D eigenvalue weighted by Crippen LogP contribution is -2.14. The van der Waals surface area contributed by atoms with Crippen LogP contribution in [0.4, 0.5) is 11.4 Å². The Morgan fingerprint density at radius 1 is 1.17 bits per heavy atom. The Labute approximate surface area is 137 Å². The number of anilines is 1. The summed E-state index contributed by atoms with van der Waals surface area (Å²) in [5, 5.41) is 29.7. The zero-order valence-electron chi connectivity index (χ0n) is 12.2. The minimum absolute atomic E-state index is 0.0868. The third-order valence-corrected chi connectivity index (χ3v) is 3.02. The molecular weight excluding hydrogens is 318 g/mol. The molecule has 6 nitrogen and oxygen atoms in total. The third kappa shape index (κ3) is 4.55. The number of halogens is 1. The first-order chi connectivity index (χ1) is 11.0. The second kappa shape index (κ2) is 7.42. The molecule has 118 valence electrons. The van der Waals surface area contributed by atoms with Crippen molar-refractivity contribution < 1.29 is 15.0 Å². The van der Waals surface area contributed by atoms with Gasteiger partial charge in [0.2, 0.25) is 0 Å². The van der Waals surface area contributed by atoms with Crippen LogP contribution < -0.4 is 5.32 Å². The van der Waals surface area contributed by atoms with Crippen molar-refractivity contribution in [3.05, 3.63) is 65.0 Å². The number of azo groups is 1. The number of hydrogen-bond donors (Lipinski definition) is 3. The highest BCUT2D eigenvalue weighted by atomic mass is 35.5. The van der Waals surface area contributed by atoms with Gasteiger partial charge in [-0.25, -0.2) is 0 Å². The Balaban J connectivity index is 2.23. The topological polar surface area (TPSA) is 94.3 Å². The molecule has 0 saturated heterocycles. The molecule has 0 bridgehead atoms. The summed E-state index contributed by atoms with van der Waals surface area (Å²) in [6.45, 7) is 1.32. The second-order valence-electron chi connectivity index (χ2n) is 4.59. The summed E-state index contributed by atoms with van der Waals surface area (Å²) in [5.74, 6) is -1.07. The van der Waals surface area contributed by atoms with Crippen LogP contribution in [0.1, 0.15) is 6.92 Å². The van der Waals surface area contributed by atoms with Gasteiger partial charge in [-0.3, -0.25) is 4.79 Å². The van der Waals surface area contributed by atoms with E-state index in [4.69, 9.17) is 11.6 Å². The molecule has 2 aromatic carbocycles. The van der Waals surface area contributed by atoms with Crippen molar-refractivity contribution in [2.24, 2.45) is 10.2 Å². The van der Waals surface area contributed by atoms with Crippen molar-refractivity contribution in [1.29, 1.82) is 0 Å². The van der Waals surface area contributed by atoms with Gasteiger partial charge in [0.1, 0.15) is 17.2 Å². The van der Waals surface area contributed by atoms with E-state index in [1.165, 1.54) is 25.1 Å². The largest absolute Gasteiger partial charge is 0.510 e. The summed E-state index contributed by atoms with van der Waals surface area (Å²) in [6, 6.07) is 13.0. The summed E-state index contributed by atoms with van der Waals surface area (Å²) < 4.78 is 0. The number of nitrogens with zero attached hydrogens (tertiary/aromatic N) is 2. The van der Waals surface area contributed by atoms with Crippen LogP contribution >= 0.6 is 11.6 Å². The fraction of sp³-hybridized carbons (Fsp3) is 0.0625. The van der Waals surface area contributed by atoms with Crippen molar-refractivity contribution in [1.82, 2.24) is 0 Å². The van der Waals surface area contributed by atoms with Gasteiger partial charge in [-0.15, -0.1) is 10.2 Å². The molecule has 0 aromatic heterocycles. The van der Waals surface area contributed by atoms with Gasteiger partial charge in [0.05, 0.1) is 0 Å². The summed E-state index contributed by atoms with van der Waals surface area (Å²) in [7, 11) is 0. The molecule has 2 rings (SSSR count). The van der Waals surface area contributed by atoms with Crippen LogP contribution in [0.3, 0.4) is 0 Å². The van der Waals surface area contributed by atoms with Gasteiger partial charge in [0.25, 0.3) is 5.91 Å². The number of amides is 1. The average Bonchev–Trinajstić information content (AvgIpc) is 2.51. The fourth-order valence-corrected chi connectivity index (χ4v) is 1.84. The molecular formula is C16H14ClN3O3. The van der Waals surface area contributed by atoms with E-state index in [2.05, 4.69) is 15.5 Å². The summed E-state index contributed by atoms with van der Waals surface area (Å²) in [6.07, 6.45) is 0. The lowest BCUT2D eigenvalue weighted by Gasteiger charge is -2.05. The maximum Gasteiger partial charge on any atom is 0.279 e. The van der Waals surface area contributed by atoms with E-state index in [9.17, 15) is 15.0 Å². The number of para-hydroxylation sites is 1. The number of carbonyl (C=O) groups is 1. The predicted octanol–water partition coefficient (Wildman–Crippen LogP) is 4.56. The standard InChI is InChI=1S/C16H14ClN3O3/c1-10(21)15(16(23)18-12-5-3-2-4-6-12)20-19-13-9-11(17)7-8-14(13)22/h2-9,21-22H,1H3,(H,18,23)/b15-10-,20-19?. The van der Waals surface area contributed by atoms with Crippen molar-refractivity contribution in [2.45, 2.75) is 6.92 Å². The Morgan fingerprint density at radius 2 is 1.87 bits per heavy atom. The van der Waals surface area contributed by atoms with Crippen LogP contribution in [0.5, 0.6) is 5.75 Å². The van der Waals surface area contributed by atoms with Crippen LogP contribution in [0.25, 0.3) is 0 Å². The number of aliphatic hydroxyl groups excluding tert-OH is 1. The Morgan fingerprint density at radius 3 is 2.52 bits per heavy atom. The van der Waals surface area contributed by atoms with E-state index in [1.807, 2.05) is 6.07 Å². The number of rotatable bonds is 4. The minimum Gasteiger partial charge on any atom is -0.510 e. The second-order valence-corrected chi connectivity index (χ2v) is 5.02. The molecule has 0 spiro atoms. The number of nitrogens with one attached hydrogen (secondary N) is 1. The van der Waals surface area contributed by atoms with E-state index in [1.54, 1.807) is 24.3 Å². The molecule has 0 unspecified atom stereocenters. The highest BCUT2D eigenvalue weighted by molar-refractivity contribution is 6.30. The first kappa shape index (κ1) is 16.5. The van der Waals surface area contributed by atoms with Gasteiger partial charge in [-0.05, 0) is 37.3 Å². The molecule has 2 aromatic rings. The van der Waals surface area contributed by atoms with Crippen LogP contribution in [-0.2, 0) is 4.79 Å². The summed E-state index contributed by atoms with van der Waals surface area (Å²) in [5.41, 5.74) is 0.369. The summed E-state index contributed by atoms with van der Waals surface area (Å²) in [4.78, 5) is 12.2. The lowest BCUT2D eigenvalue weighted by molar-refractivity contribution is -0.113. The number of hydrogen-bond acceptors (Lipinski definition) is 5. The SMILES string of the molecule is C/C(O)=C(/N=Nc1cc(Cl)ccc1O)C(=O)Nc1ccccc1. The Kier molecular flexibility index (Phi) is 5.32. The number of benzene rings is 2. The van der Waals surface area contributed by atoms with Crippen molar-refractivity contribution in [2.75, 3.05) is 5.32 Å². The van der Waals surface area contributed by atoms with Gasteiger partial charge in [0.15, 0.2) is 5.70 Å². The van der Waals surface area contributed by atoms with Gasteiger partial charge < -0.3 is 15.5 Å². The number of aromatic hydroxyl groups is 1. The quantitative estimate of drug-likeness (QED) is 0.435. The fourth-order valence-electron chi connectivity index (χ4n) is 1.67. The number of allylic oxidation sites excluding steroid dienone is 1. The van der Waals surface area contributed by atoms with Gasteiger partial charge in [0, 0.05) is 10.7 Å². The summed E-state index contributed by atoms with van der Waals surface area (Å²) >= 11 is 5.81. The zero-order chi connectivity index (χ0) is 16.8. The highest BCUT2D eigenvalue weighted by Gasteiger charge is 2.13. The van der Waals surface area contributed by atoms with E-state index in [0.29, 0.717) is 10.7 Å². The molecule has 0 heterocycles. The van der Waals surface area contributed by atoms with Gasteiger partial charge in [-0.2, -0.15) is 0 Å². The predicted molar refractivity (Wildman–Crippen MR) is 88.0 cm³/mol. The maximum atomic E-state index is 12.2. The number of aliphatic hydroxyl groups is 1. The minimum atomic E-state index is -0.624. The smallest absolute Gasteiger partial charge is 0.279 e. The van der Waals surface area contributed by atoms with Gasteiger partial charge >= 0.3 is 0 Å². The van der Waals surface area contributed by atoms with Crippen LogP contribution in [0, 0.1) is 0 Å². The third-order valence-electron chi connectivity index (χ3n) is 2.78. The number of phenols is 1. The molecule has 0 aliphatic carbocycles. The molecule has 0 fully saturated rings. The molecule has 0 aliphatic heterocycles. The normalized spacial score (nSPS) is 12.1. The zero-order valence-corrected chi connectivity index (χ0v) is 12.9. The van der Waals surface area contributed by atoms with Crippen molar-refractivity contribution in [3.63, 3.8) is 0 Å². The van der Waals surface area contributed by atoms with Crippen LogP contribution in [0.15, 0.2) is 70.2 Å². The molecule has 0 aliphatic rings. The average molecular weight is 332 g/mol. The molecule has 7 heteroatoms. The molecule has 0 radical (unpaired) electrons. The first-order valence-corrected chi connectivity index (χ1v) is 7.01.